The number of carbonyl (C=O) groups excluding carboxylic acids is 1. The summed E-state index contributed by atoms with van der Waals surface area (Å²) in [7, 11) is -3.72. The van der Waals surface area contributed by atoms with Gasteiger partial charge in [0, 0.05) is 18.4 Å². The topological polar surface area (TPSA) is 90.9 Å². The Morgan fingerprint density at radius 1 is 0.733 bits per heavy atom. The summed E-state index contributed by atoms with van der Waals surface area (Å²) in [5.74, 6) is 5.66. The molecule has 0 radical (unpaired) electrons. The zero-order chi connectivity index (χ0) is 31.8. The highest BCUT2D eigenvalue weighted by molar-refractivity contribution is 7.89. The Morgan fingerprint density at radius 2 is 1.27 bits per heavy atom. The van der Waals surface area contributed by atoms with Crippen LogP contribution >= 0.6 is 0 Å². The van der Waals surface area contributed by atoms with E-state index in [0.29, 0.717) is 31.6 Å². The van der Waals surface area contributed by atoms with Gasteiger partial charge in [0.25, 0.3) is 0 Å². The summed E-state index contributed by atoms with van der Waals surface area (Å²) in [6.07, 6.45) is 0.742. The Balaban J connectivity index is 1.48. The molecule has 4 aromatic carbocycles. The van der Waals surface area contributed by atoms with Gasteiger partial charge in [0.2, 0.25) is 10.0 Å². The zero-order valence-electron chi connectivity index (χ0n) is 25.5. The lowest BCUT2D eigenvalue weighted by Gasteiger charge is -2.32. The zero-order valence-corrected chi connectivity index (χ0v) is 26.3. The number of rotatable bonds is 16. The van der Waals surface area contributed by atoms with Crippen molar-refractivity contribution in [1.82, 2.24) is 4.72 Å². The first-order valence-corrected chi connectivity index (χ1v) is 16.3. The van der Waals surface area contributed by atoms with Gasteiger partial charge in [0.05, 0.1) is 36.9 Å². The molecule has 0 aliphatic rings. The molecule has 0 aromatic heterocycles. The molecule has 0 bridgehead atoms. The minimum Gasteiger partial charge on any atom is -0.449 e. The highest BCUT2D eigenvalue weighted by Gasteiger charge is 2.31. The highest BCUT2D eigenvalue weighted by atomic mass is 32.2. The molecule has 234 valence electrons. The van der Waals surface area contributed by atoms with Gasteiger partial charge in [-0.05, 0) is 48.7 Å². The molecule has 0 amide bonds. The van der Waals surface area contributed by atoms with E-state index in [2.05, 4.69) is 16.6 Å². The van der Waals surface area contributed by atoms with Gasteiger partial charge >= 0.3 is 5.97 Å². The van der Waals surface area contributed by atoms with Crippen LogP contribution in [0.25, 0.3) is 0 Å². The number of ether oxygens (including phenoxy) is 3. The van der Waals surface area contributed by atoms with E-state index in [1.54, 1.807) is 48.5 Å². The number of benzene rings is 4. The van der Waals surface area contributed by atoms with Crippen LogP contribution in [0.1, 0.15) is 39.9 Å². The second-order valence-corrected chi connectivity index (χ2v) is 12.7. The third-order valence-electron chi connectivity index (χ3n) is 7.19. The molecule has 4 rings (SSSR count). The Bertz CT molecular complexity index is 1590. The smallest absolute Gasteiger partial charge is 0.339 e. The Hall–Kier alpha value is -4.26. The SMILES string of the molecule is Cc1ccc(S(=O)(=O)NCCC(CC#CCOC(=O)c2ccccc2)(COCc2ccccc2)COCc2ccccc2)cc1. The van der Waals surface area contributed by atoms with Crippen LogP contribution in [-0.2, 0) is 37.4 Å². The van der Waals surface area contributed by atoms with E-state index in [1.165, 1.54) is 0 Å². The van der Waals surface area contributed by atoms with Crippen LogP contribution in [0.4, 0.5) is 0 Å². The van der Waals surface area contributed by atoms with E-state index in [4.69, 9.17) is 14.2 Å². The monoisotopic (exact) mass is 625 g/mol. The molecule has 0 atom stereocenters. The van der Waals surface area contributed by atoms with Crippen molar-refractivity contribution in [2.24, 2.45) is 5.41 Å². The van der Waals surface area contributed by atoms with Crippen LogP contribution < -0.4 is 4.72 Å². The number of hydrogen-bond donors (Lipinski definition) is 1. The first kappa shape index (κ1) is 33.6. The molecule has 0 saturated heterocycles. The summed E-state index contributed by atoms with van der Waals surface area (Å²) >= 11 is 0. The molecule has 7 nitrogen and oxygen atoms in total. The first-order valence-electron chi connectivity index (χ1n) is 14.8. The molecule has 0 aliphatic carbocycles. The summed E-state index contributed by atoms with van der Waals surface area (Å²) in [4.78, 5) is 12.5. The molecule has 0 heterocycles. The van der Waals surface area contributed by atoms with Crippen molar-refractivity contribution in [3.05, 3.63) is 138 Å². The lowest BCUT2D eigenvalue weighted by Crippen LogP contribution is -2.37. The number of esters is 1. The van der Waals surface area contributed by atoms with Crippen molar-refractivity contribution in [3.63, 3.8) is 0 Å². The minimum absolute atomic E-state index is 0.0698. The van der Waals surface area contributed by atoms with Crippen molar-refractivity contribution in [1.29, 1.82) is 0 Å². The summed E-state index contributed by atoms with van der Waals surface area (Å²) in [5.41, 5.74) is 2.83. The molecular weight excluding hydrogens is 586 g/mol. The van der Waals surface area contributed by atoms with Crippen molar-refractivity contribution in [3.8, 4) is 11.8 Å². The summed E-state index contributed by atoms with van der Waals surface area (Å²) < 4.78 is 46.6. The minimum atomic E-state index is -3.72. The molecule has 0 aliphatic heterocycles. The van der Waals surface area contributed by atoms with Crippen molar-refractivity contribution in [2.45, 2.75) is 37.9 Å². The number of nitrogens with one attached hydrogen (secondary N) is 1. The fourth-order valence-corrected chi connectivity index (χ4v) is 5.64. The van der Waals surface area contributed by atoms with E-state index in [9.17, 15) is 13.2 Å². The maximum atomic E-state index is 13.1. The molecular formula is C37H39NO6S. The maximum absolute atomic E-state index is 13.1. The quantitative estimate of drug-likeness (QED) is 0.116. The van der Waals surface area contributed by atoms with Gasteiger partial charge < -0.3 is 14.2 Å². The maximum Gasteiger partial charge on any atom is 0.339 e. The predicted octanol–water partition coefficient (Wildman–Crippen LogP) is 6.33. The van der Waals surface area contributed by atoms with Gasteiger partial charge in [-0.15, -0.1) is 0 Å². The molecule has 0 spiro atoms. The largest absolute Gasteiger partial charge is 0.449 e. The lowest BCUT2D eigenvalue weighted by atomic mass is 9.82. The Kier molecular flexibility index (Phi) is 12.9. The molecule has 4 aromatic rings. The molecule has 0 unspecified atom stereocenters. The van der Waals surface area contributed by atoms with Gasteiger partial charge in [0.1, 0.15) is 0 Å². The predicted molar refractivity (Wildman–Crippen MR) is 175 cm³/mol. The number of sulfonamides is 1. The van der Waals surface area contributed by atoms with E-state index in [1.807, 2.05) is 73.7 Å². The summed E-state index contributed by atoms with van der Waals surface area (Å²) in [5, 5.41) is 0. The third-order valence-corrected chi connectivity index (χ3v) is 8.67. The average molecular weight is 626 g/mol. The van der Waals surface area contributed by atoms with Crippen LogP contribution in [-0.4, -0.2) is 40.8 Å². The molecule has 1 N–H and O–H groups in total. The standard InChI is InChI=1S/C37H39NO6S/c1-31-19-21-35(22-20-31)45(40,41)38-25-24-37(29-42-27-32-13-5-2-6-14-32,30-43-28-33-15-7-3-8-16-33)23-11-12-26-44-36(39)34-17-9-4-10-18-34/h2-10,13-22,38H,23-30H2,1H3. The number of hydrogen-bond acceptors (Lipinski definition) is 6. The van der Waals surface area contributed by atoms with Crippen LogP contribution in [0.3, 0.4) is 0 Å². The second-order valence-electron chi connectivity index (χ2n) is 10.9. The van der Waals surface area contributed by atoms with Crippen molar-refractivity contribution < 1.29 is 27.4 Å². The Labute approximate surface area is 266 Å². The normalized spacial score (nSPS) is 11.4. The van der Waals surface area contributed by atoms with Crippen LogP contribution in [0, 0.1) is 24.2 Å². The third kappa shape index (κ3) is 11.3. The Morgan fingerprint density at radius 3 is 1.82 bits per heavy atom. The average Bonchev–Trinajstić information content (AvgIpc) is 3.06. The molecule has 8 heteroatoms. The van der Waals surface area contributed by atoms with Gasteiger partial charge in [-0.1, -0.05) is 108 Å². The van der Waals surface area contributed by atoms with E-state index in [-0.39, 0.29) is 31.3 Å². The van der Waals surface area contributed by atoms with E-state index < -0.39 is 21.4 Å². The van der Waals surface area contributed by atoms with Gasteiger partial charge in [-0.2, -0.15) is 0 Å². The van der Waals surface area contributed by atoms with Crippen LogP contribution in [0.15, 0.2) is 120 Å². The lowest BCUT2D eigenvalue weighted by molar-refractivity contribution is -0.0343. The van der Waals surface area contributed by atoms with Gasteiger partial charge in [-0.3, -0.25) is 0 Å². The molecule has 0 fully saturated rings. The fraction of sp³-hybridized carbons (Fsp3) is 0.270. The number of carbonyl (C=O) groups is 1. The second kappa shape index (κ2) is 17.3. The fourth-order valence-electron chi connectivity index (χ4n) is 4.61. The van der Waals surface area contributed by atoms with Gasteiger partial charge in [-0.25, -0.2) is 17.9 Å². The highest BCUT2D eigenvalue weighted by Crippen LogP contribution is 2.29. The molecule has 45 heavy (non-hydrogen) atoms. The number of aryl methyl sites for hydroxylation is 1. The van der Waals surface area contributed by atoms with Gasteiger partial charge in [0.15, 0.2) is 6.61 Å². The molecule has 0 saturated carbocycles. The van der Waals surface area contributed by atoms with Crippen LogP contribution in [0.2, 0.25) is 0 Å². The van der Waals surface area contributed by atoms with E-state index >= 15 is 0 Å². The first-order chi connectivity index (χ1) is 21.9. The summed E-state index contributed by atoms with van der Waals surface area (Å²) in [6, 6.07) is 35.2. The van der Waals surface area contributed by atoms with Crippen molar-refractivity contribution in [2.75, 3.05) is 26.4 Å². The van der Waals surface area contributed by atoms with Crippen molar-refractivity contribution >= 4 is 16.0 Å². The summed E-state index contributed by atoms with van der Waals surface area (Å²) in [6.45, 7) is 3.33. The van der Waals surface area contributed by atoms with E-state index in [0.717, 1.165) is 16.7 Å². The van der Waals surface area contributed by atoms with Crippen LogP contribution in [0.5, 0.6) is 0 Å².